The Kier molecular flexibility index (Phi) is 4.51. The van der Waals surface area contributed by atoms with Gasteiger partial charge in [0.15, 0.2) is 0 Å². The molecule has 4 rings (SSSR count). The summed E-state index contributed by atoms with van der Waals surface area (Å²) in [7, 11) is 4.18. The summed E-state index contributed by atoms with van der Waals surface area (Å²) in [5, 5.41) is 1.25. The second-order valence-corrected chi connectivity index (χ2v) is 7.19. The van der Waals surface area contributed by atoms with Gasteiger partial charge in [0.2, 0.25) is 5.91 Å². The molecule has 1 aromatic heterocycles. The Morgan fingerprint density at radius 1 is 1.00 bits per heavy atom. The first kappa shape index (κ1) is 16.9. The fourth-order valence-corrected chi connectivity index (χ4v) is 3.93. The van der Waals surface area contributed by atoms with Gasteiger partial charge in [-0.15, -0.1) is 0 Å². The first-order valence-corrected chi connectivity index (χ1v) is 9.23. The molecule has 0 unspecified atom stereocenters. The van der Waals surface area contributed by atoms with Crippen molar-refractivity contribution in [2.45, 2.75) is 19.4 Å². The monoisotopic (exact) mass is 347 g/mol. The van der Waals surface area contributed by atoms with E-state index in [9.17, 15) is 4.79 Å². The topological polar surface area (TPSA) is 28.5 Å². The van der Waals surface area contributed by atoms with Crippen LogP contribution in [0.5, 0.6) is 0 Å². The van der Waals surface area contributed by atoms with Crippen LogP contribution in [-0.2, 0) is 24.8 Å². The third kappa shape index (κ3) is 3.13. The van der Waals surface area contributed by atoms with E-state index in [-0.39, 0.29) is 5.91 Å². The van der Waals surface area contributed by atoms with Crippen molar-refractivity contribution in [1.29, 1.82) is 0 Å². The number of aryl methyl sites for hydroxylation is 2. The highest BCUT2D eigenvalue weighted by atomic mass is 16.2. The molecule has 1 aliphatic rings. The van der Waals surface area contributed by atoms with Crippen molar-refractivity contribution in [2.75, 3.05) is 25.0 Å². The first-order valence-electron chi connectivity index (χ1n) is 9.23. The van der Waals surface area contributed by atoms with Gasteiger partial charge in [-0.25, -0.2) is 0 Å². The lowest BCUT2D eigenvalue weighted by Gasteiger charge is -2.22. The summed E-state index contributed by atoms with van der Waals surface area (Å²) in [5.74, 6) is 0.209. The Hall–Kier alpha value is -2.59. The summed E-state index contributed by atoms with van der Waals surface area (Å²) in [6.07, 6.45) is 3.46. The molecule has 4 nitrogen and oxygen atoms in total. The standard InChI is InChI=1S/C22H25N3O/c1-23-13-14-25(20-9-5-3-7-18(20)15-23)22(26)12-11-17-16-24(2)21-10-6-4-8-19(17)21/h3-10,16H,11-15H2,1-2H3. The van der Waals surface area contributed by atoms with Crippen LogP contribution in [0, 0.1) is 0 Å². The SMILES string of the molecule is CN1CCN(C(=O)CCc2cn(C)c3ccccc23)c2ccccc2C1. The summed E-state index contributed by atoms with van der Waals surface area (Å²) in [4.78, 5) is 17.3. The number of nitrogens with zero attached hydrogens (tertiary/aromatic N) is 3. The van der Waals surface area contributed by atoms with Gasteiger partial charge in [0.1, 0.15) is 0 Å². The predicted octanol–water partition coefficient (Wildman–Crippen LogP) is 3.59. The van der Waals surface area contributed by atoms with Gasteiger partial charge in [-0.05, 0) is 36.7 Å². The quantitative estimate of drug-likeness (QED) is 0.724. The lowest BCUT2D eigenvalue weighted by Crippen LogP contribution is -2.35. The van der Waals surface area contributed by atoms with Gasteiger partial charge in [-0.1, -0.05) is 36.4 Å². The highest BCUT2D eigenvalue weighted by Gasteiger charge is 2.22. The first-order chi connectivity index (χ1) is 12.6. The van der Waals surface area contributed by atoms with Crippen LogP contribution in [0.15, 0.2) is 54.7 Å². The normalized spacial score (nSPS) is 15.1. The van der Waals surface area contributed by atoms with Crippen molar-refractivity contribution in [3.63, 3.8) is 0 Å². The molecular weight excluding hydrogens is 322 g/mol. The van der Waals surface area contributed by atoms with E-state index in [4.69, 9.17) is 0 Å². The van der Waals surface area contributed by atoms with Crippen LogP contribution >= 0.6 is 0 Å². The number of hydrogen-bond acceptors (Lipinski definition) is 2. The molecule has 2 heterocycles. The van der Waals surface area contributed by atoms with Crippen LogP contribution in [0.25, 0.3) is 10.9 Å². The minimum Gasteiger partial charge on any atom is -0.350 e. The molecule has 0 spiro atoms. The van der Waals surface area contributed by atoms with Crippen molar-refractivity contribution >= 4 is 22.5 Å². The van der Waals surface area contributed by atoms with Crippen LogP contribution in [0.2, 0.25) is 0 Å². The number of rotatable bonds is 3. The van der Waals surface area contributed by atoms with E-state index in [1.54, 1.807) is 0 Å². The minimum absolute atomic E-state index is 0.209. The Labute approximate surface area is 154 Å². The van der Waals surface area contributed by atoms with Gasteiger partial charge in [-0.3, -0.25) is 4.79 Å². The molecule has 134 valence electrons. The molecule has 0 aliphatic carbocycles. The number of amides is 1. The van der Waals surface area contributed by atoms with Crippen LogP contribution in [-0.4, -0.2) is 35.5 Å². The molecule has 0 saturated carbocycles. The van der Waals surface area contributed by atoms with E-state index in [0.717, 1.165) is 31.7 Å². The second kappa shape index (κ2) is 6.96. The summed E-state index contributed by atoms with van der Waals surface area (Å²) in [5.41, 5.74) is 4.76. The molecule has 1 amide bonds. The summed E-state index contributed by atoms with van der Waals surface area (Å²) >= 11 is 0. The third-order valence-corrected chi connectivity index (χ3v) is 5.32. The largest absolute Gasteiger partial charge is 0.350 e. The number of fused-ring (bicyclic) bond motifs is 2. The highest BCUT2D eigenvalue weighted by Crippen LogP contribution is 2.26. The average molecular weight is 347 g/mol. The van der Waals surface area contributed by atoms with E-state index in [2.05, 4.69) is 72.2 Å². The van der Waals surface area contributed by atoms with Crippen molar-refractivity contribution in [1.82, 2.24) is 9.47 Å². The van der Waals surface area contributed by atoms with E-state index in [1.165, 1.54) is 22.0 Å². The molecule has 0 atom stereocenters. The zero-order valence-electron chi connectivity index (χ0n) is 15.5. The van der Waals surface area contributed by atoms with Crippen LogP contribution in [0.1, 0.15) is 17.5 Å². The van der Waals surface area contributed by atoms with E-state index in [1.807, 2.05) is 11.0 Å². The molecule has 0 saturated heterocycles. The van der Waals surface area contributed by atoms with Crippen molar-refractivity contribution in [3.8, 4) is 0 Å². The molecule has 2 aromatic carbocycles. The smallest absolute Gasteiger partial charge is 0.227 e. The molecule has 26 heavy (non-hydrogen) atoms. The Balaban J connectivity index is 1.55. The van der Waals surface area contributed by atoms with Crippen molar-refractivity contribution < 1.29 is 4.79 Å². The van der Waals surface area contributed by atoms with Crippen molar-refractivity contribution in [3.05, 3.63) is 65.9 Å². The predicted molar refractivity (Wildman–Crippen MR) is 106 cm³/mol. The minimum atomic E-state index is 0.209. The average Bonchev–Trinajstić information content (AvgIpc) is 2.86. The number of aromatic nitrogens is 1. The summed E-state index contributed by atoms with van der Waals surface area (Å²) in [6.45, 7) is 2.54. The number of hydrogen-bond donors (Lipinski definition) is 0. The maximum Gasteiger partial charge on any atom is 0.227 e. The third-order valence-electron chi connectivity index (χ3n) is 5.32. The van der Waals surface area contributed by atoms with Gasteiger partial charge in [0, 0.05) is 55.9 Å². The number of carbonyl (C=O) groups excluding carboxylic acids is 1. The summed E-state index contributed by atoms with van der Waals surface area (Å²) < 4.78 is 2.14. The molecular formula is C22H25N3O. The Morgan fingerprint density at radius 3 is 2.65 bits per heavy atom. The Bertz CT molecular complexity index is 943. The molecule has 0 N–H and O–H groups in total. The highest BCUT2D eigenvalue weighted by molar-refractivity contribution is 5.95. The molecule has 3 aromatic rings. The van der Waals surface area contributed by atoms with Gasteiger partial charge in [-0.2, -0.15) is 0 Å². The van der Waals surface area contributed by atoms with E-state index >= 15 is 0 Å². The number of benzene rings is 2. The van der Waals surface area contributed by atoms with Gasteiger partial charge in [0.25, 0.3) is 0 Å². The number of anilines is 1. The van der Waals surface area contributed by atoms with Gasteiger partial charge < -0.3 is 14.4 Å². The van der Waals surface area contributed by atoms with Crippen LogP contribution in [0.3, 0.4) is 0 Å². The Morgan fingerprint density at radius 2 is 1.77 bits per heavy atom. The molecule has 4 heteroatoms. The lowest BCUT2D eigenvalue weighted by molar-refractivity contribution is -0.118. The molecule has 0 fully saturated rings. The van der Waals surface area contributed by atoms with Crippen molar-refractivity contribution in [2.24, 2.45) is 7.05 Å². The zero-order valence-corrected chi connectivity index (χ0v) is 15.5. The van der Waals surface area contributed by atoms with Gasteiger partial charge in [0.05, 0.1) is 0 Å². The van der Waals surface area contributed by atoms with Gasteiger partial charge >= 0.3 is 0 Å². The van der Waals surface area contributed by atoms with Crippen LogP contribution < -0.4 is 4.90 Å². The maximum absolute atomic E-state index is 13.0. The second-order valence-electron chi connectivity index (χ2n) is 7.19. The fourth-order valence-electron chi connectivity index (χ4n) is 3.93. The summed E-state index contributed by atoms with van der Waals surface area (Å²) in [6, 6.07) is 16.7. The molecule has 1 aliphatic heterocycles. The number of likely N-dealkylation sites (N-methyl/N-ethyl adjacent to an activating group) is 1. The fraction of sp³-hybridized carbons (Fsp3) is 0.318. The molecule has 0 bridgehead atoms. The zero-order chi connectivity index (χ0) is 18.1. The van der Waals surface area contributed by atoms with E-state index < -0.39 is 0 Å². The molecule has 0 radical (unpaired) electrons. The number of para-hydroxylation sites is 2. The maximum atomic E-state index is 13.0. The van der Waals surface area contributed by atoms with Crippen LogP contribution in [0.4, 0.5) is 5.69 Å². The number of carbonyl (C=O) groups is 1. The van der Waals surface area contributed by atoms with E-state index in [0.29, 0.717) is 6.42 Å². The lowest BCUT2D eigenvalue weighted by atomic mass is 10.1.